The molecule has 0 bridgehead atoms. The fourth-order valence-corrected chi connectivity index (χ4v) is 9.46. The van der Waals surface area contributed by atoms with Gasteiger partial charge in [-0.3, -0.25) is 24.5 Å². The van der Waals surface area contributed by atoms with Crippen LogP contribution in [-0.4, -0.2) is 173 Å². The molecule has 3 aromatic carbocycles. The number of morpholine rings is 3. The van der Waals surface area contributed by atoms with Gasteiger partial charge < -0.3 is 58.8 Å². The van der Waals surface area contributed by atoms with E-state index in [1.54, 1.807) is 26.8 Å². The second-order valence-corrected chi connectivity index (χ2v) is 19.3. The first kappa shape index (κ1) is 59.8. The normalized spacial score (nSPS) is 18.8. The Balaban J connectivity index is 0.000000196. The highest BCUT2D eigenvalue weighted by Gasteiger charge is 2.33. The molecule has 3 heterocycles. The quantitative estimate of drug-likeness (QED) is 0.0624. The van der Waals surface area contributed by atoms with Crippen LogP contribution in [0.1, 0.15) is 88.2 Å². The van der Waals surface area contributed by atoms with Crippen LogP contribution in [0.3, 0.4) is 0 Å². The minimum absolute atomic E-state index is 0.0983. The smallest absolute Gasteiger partial charge is 0.479 e. The summed E-state index contributed by atoms with van der Waals surface area (Å²) < 4.78 is 26.2. The Hall–Kier alpha value is -6.03. The maximum Gasteiger partial charge on any atom is 0.514 e. The van der Waals surface area contributed by atoms with Gasteiger partial charge in [0.05, 0.1) is 44.6 Å². The molecular formula is C55H76N4O16. The number of non-ortho nitro benzene ring substituents is 1. The summed E-state index contributed by atoms with van der Waals surface area (Å²) >= 11 is 0. The van der Waals surface area contributed by atoms with Crippen LogP contribution in [0.2, 0.25) is 0 Å². The minimum Gasteiger partial charge on any atom is -0.479 e. The van der Waals surface area contributed by atoms with E-state index in [1.807, 2.05) is 48.5 Å². The summed E-state index contributed by atoms with van der Waals surface area (Å²) in [7, 11) is 0. The number of carbonyl (C=O) groups is 5. The van der Waals surface area contributed by atoms with Gasteiger partial charge in [-0.15, -0.1) is 0 Å². The first-order valence-corrected chi connectivity index (χ1v) is 26.3. The van der Waals surface area contributed by atoms with Crippen LogP contribution in [0, 0.1) is 22.0 Å². The van der Waals surface area contributed by atoms with Crippen LogP contribution in [-0.2, 0) is 51.0 Å². The third-order valence-electron chi connectivity index (χ3n) is 13.7. The number of ether oxygens (including phenoxy) is 5. The second kappa shape index (κ2) is 33.1. The molecule has 0 aromatic heterocycles. The van der Waals surface area contributed by atoms with Gasteiger partial charge in [0.1, 0.15) is 18.0 Å². The molecule has 3 aliphatic heterocycles. The molecule has 0 spiro atoms. The van der Waals surface area contributed by atoms with Crippen LogP contribution in [0.15, 0.2) is 84.9 Å². The summed E-state index contributed by atoms with van der Waals surface area (Å²) in [6.45, 7) is 6.60. The lowest BCUT2D eigenvalue weighted by Gasteiger charge is -2.32. The van der Waals surface area contributed by atoms with Crippen LogP contribution >= 0.6 is 0 Å². The van der Waals surface area contributed by atoms with Crippen LogP contribution in [0.5, 0.6) is 5.75 Å². The van der Waals surface area contributed by atoms with Gasteiger partial charge >= 0.3 is 12.1 Å². The zero-order valence-electron chi connectivity index (χ0n) is 42.9. The predicted molar refractivity (Wildman–Crippen MR) is 275 cm³/mol. The SMILES string of the molecule is O=C(O)[C@@H](O)Cc1ccccc1.O=C(Oc1ccc([N+](=O)[O-])cc1)O[C@@H](CC1CCCCC1)C(=O)N1CCOCC1.O=C([C@@H](O)CC1CCCCC1)N1CCOCC1.O=C([C@@H](O)Cc1ccccc1)N1CCOCC1. The molecule has 3 amide bonds. The van der Waals surface area contributed by atoms with Crippen molar-refractivity contribution in [2.45, 2.75) is 114 Å². The topological polar surface area (TPSA) is 265 Å². The van der Waals surface area contributed by atoms with Gasteiger partial charge in [0.2, 0.25) is 0 Å². The van der Waals surface area contributed by atoms with E-state index in [9.17, 15) is 44.3 Å². The van der Waals surface area contributed by atoms with E-state index in [2.05, 4.69) is 0 Å². The number of nitro groups is 1. The van der Waals surface area contributed by atoms with Gasteiger partial charge in [0.25, 0.3) is 23.4 Å². The Morgan fingerprint density at radius 1 is 0.547 bits per heavy atom. The molecule has 3 saturated heterocycles. The monoisotopic (exact) mass is 1050 g/mol. The van der Waals surface area contributed by atoms with Gasteiger partial charge in [0.15, 0.2) is 12.2 Å². The van der Waals surface area contributed by atoms with E-state index >= 15 is 0 Å². The maximum atomic E-state index is 12.9. The largest absolute Gasteiger partial charge is 0.514 e. The number of aliphatic carboxylic acids is 1. The number of aliphatic hydroxyl groups excluding tert-OH is 3. The number of benzene rings is 3. The number of hydrogen-bond acceptors (Lipinski definition) is 15. The zero-order chi connectivity index (χ0) is 53.8. The molecule has 4 atom stereocenters. The number of amides is 3. The molecule has 5 fully saturated rings. The van der Waals surface area contributed by atoms with E-state index < -0.39 is 41.5 Å². The van der Waals surface area contributed by atoms with Gasteiger partial charge in [0, 0.05) is 64.2 Å². The van der Waals surface area contributed by atoms with Crippen LogP contribution in [0.25, 0.3) is 0 Å². The molecule has 75 heavy (non-hydrogen) atoms. The molecule has 3 aromatic rings. The highest BCUT2D eigenvalue weighted by molar-refractivity contribution is 5.83. The fraction of sp³-hybridized carbons (Fsp3) is 0.582. The third-order valence-corrected chi connectivity index (χ3v) is 13.7. The summed E-state index contributed by atoms with van der Waals surface area (Å²) in [5.41, 5.74) is 1.69. The van der Waals surface area contributed by atoms with Gasteiger partial charge in [-0.2, -0.15) is 0 Å². The predicted octanol–water partition coefficient (Wildman–Crippen LogP) is 5.61. The van der Waals surface area contributed by atoms with Crippen LogP contribution in [0.4, 0.5) is 10.5 Å². The number of nitro benzene ring substituents is 1. The van der Waals surface area contributed by atoms with Gasteiger partial charge in [-0.1, -0.05) is 125 Å². The van der Waals surface area contributed by atoms with Gasteiger partial charge in [-0.05, 0) is 47.9 Å². The van der Waals surface area contributed by atoms with Crippen molar-refractivity contribution in [2.75, 3.05) is 78.9 Å². The number of rotatable bonds is 15. The number of carbonyl (C=O) groups excluding carboxylic acids is 4. The Kier molecular flexibility index (Phi) is 26.4. The number of carboxylic acid groups (broad SMARTS) is 1. The molecule has 2 saturated carbocycles. The lowest BCUT2D eigenvalue weighted by atomic mass is 9.85. The van der Waals surface area contributed by atoms with Crippen LogP contribution < -0.4 is 4.74 Å². The molecule has 8 rings (SSSR count). The number of aliphatic hydroxyl groups is 3. The number of hydrogen-bond donors (Lipinski definition) is 4. The molecular weight excluding hydrogens is 973 g/mol. The van der Waals surface area contributed by atoms with E-state index in [1.165, 1.54) is 62.8 Å². The molecule has 20 heteroatoms. The first-order chi connectivity index (χ1) is 36.3. The molecule has 0 radical (unpaired) electrons. The molecule has 5 aliphatic rings. The summed E-state index contributed by atoms with van der Waals surface area (Å²) in [4.78, 5) is 74.6. The van der Waals surface area contributed by atoms with Crippen molar-refractivity contribution in [1.82, 2.24) is 14.7 Å². The van der Waals surface area contributed by atoms with E-state index in [0.717, 1.165) is 36.8 Å². The maximum absolute atomic E-state index is 12.9. The van der Waals surface area contributed by atoms with E-state index in [4.69, 9.17) is 33.9 Å². The lowest BCUT2D eigenvalue weighted by Crippen LogP contribution is -2.47. The van der Waals surface area contributed by atoms with Crippen molar-refractivity contribution in [3.8, 4) is 5.75 Å². The Bertz CT molecular complexity index is 2160. The number of carboxylic acids is 1. The fourth-order valence-electron chi connectivity index (χ4n) is 9.46. The second-order valence-electron chi connectivity index (χ2n) is 19.3. The highest BCUT2D eigenvalue weighted by Crippen LogP contribution is 2.30. The summed E-state index contributed by atoms with van der Waals surface area (Å²) in [5, 5.41) is 48.0. The molecule has 2 aliphatic carbocycles. The van der Waals surface area contributed by atoms with Gasteiger partial charge in [-0.25, -0.2) is 9.59 Å². The summed E-state index contributed by atoms with van der Waals surface area (Å²) in [5.74, 6) is -0.695. The van der Waals surface area contributed by atoms with Crippen molar-refractivity contribution in [2.24, 2.45) is 11.8 Å². The minimum atomic E-state index is -1.30. The first-order valence-electron chi connectivity index (χ1n) is 26.3. The van der Waals surface area contributed by atoms with E-state index in [-0.39, 0.29) is 35.6 Å². The third kappa shape index (κ3) is 22.0. The van der Waals surface area contributed by atoms with Crippen molar-refractivity contribution in [1.29, 1.82) is 0 Å². The van der Waals surface area contributed by atoms with Crippen molar-refractivity contribution >= 4 is 35.5 Å². The average molecular weight is 1050 g/mol. The van der Waals surface area contributed by atoms with Crippen molar-refractivity contribution < 1.29 is 73.0 Å². The van der Waals surface area contributed by atoms with E-state index in [0.29, 0.717) is 110 Å². The zero-order valence-corrected chi connectivity index (χ0v) is 42.9. The van der Waals surface area contributed by atoms with Crippen molar-refractivity contribution in [3.63, 3.8) is 0 Å². The molecule has 20 nitrogen and oxygen atoms in total. The highest BCUT2D eigenvalue weighted by atomic mass is 16.7. The Labute approximate surface area is 439 Å². The summed E-state index contributed by atoms with van der Waals surface area (Å²) in [6, 6.07) is 23.7. The summed E-state index contributed by atoms with van der Waals surface area (Å²) in [6.07, 6.45) is 8.38. The lowest BCUT2D eigenvalue weighted by molar-refractivity contribution is -0.384. The number of nitrogens with zero attached hydrogens (tertiary/aromatic N) is 4. The molecule has 0 unspecified atom stereocenters. The van der Waals surface area contributed by atoms with Crippen molar-refractivity contribution in [3.05, 3.63) is 106 Å². The molecule has 4 N–H and O–H groups in total. The Morgan fingerprint density at radius 3 is 1.37 bits per heavy atom. The molecule has 412 valence electrons. The Morgan fingerprint density at radius 2 is 0.947 bits per heavy atom. The standard InChI is InChI=1S/C20H26N2O7.C13H23NO3.C13H17NO3.C9H10O3/c23-19(21-10-12-27-13-11-21)18(14-15-4-2-1-3-5-15)29-20(24)28-17-8-6-16(7-9-17)22(25)26;2*15-12(10-11-4-2-1-3-5-11)13(16)14-6-8-17-9-7-14;10-8(9(11)12)6-7-4-2-1-3-5-7/h6-9,15,18H,1-5,10-14H2;11-12,15H,1-10H2;1-5,12,15H,6-10H2;1-5,8,10H,6H2,(H,11,12)/t18-;2*12-;8-/m0000/s1. The average Bonchev–Trinajstić information content (AvgIpc) is 3.44.